The number of nitrogens with zero attached hydrogens (tertiary/aromatic N) is 3. The Balaban J connectivity index is 1.25. The van der Waals surface area contributed by atoms with Crippen LogP contribution in [-0.4, -0.2) is 14.5 Å². The Hall–Kier alpha value is -5.07. The van der Waals surface area contributed by atoms with Gasteiger partial charge in [-0.1, -0.05) is 60.7 Å². The van der Waals surface area contributed by atoms with Crippen LogP contribution in [0.2, 0.25) is 0 Å². The maximum absolute atomic E-state index is 5.17. The van der Waals surface area contributed by atoms with Crippen LogP contribution in [0.15, 0.2) is 152 Å². The van der Waals surface area contributed by atoms with Crippen LogP contribution >= 0.6 is 0 Å². The van der Waals surface area contributed by atoms with Gasteiger partial charge in [-0.25, -0.2) is 0 Å². The third-order valence-corrected chi connectivity index (χ3v) is 11.4. The van der Waals surface area contributed by atoms with Gasteiger partial charge in [-0.3, -0.25) is 0 Å². The zero-order valence-electron chi connectivity index (χ0n) is 23.7. The zero-order chi connectivity index (χ0) is 29.0. The van der Waals surface area contributed by atoms with Crippen LogP contribution in [-0.2, 0) is 0 Å². The van der Waals surface area contributed by atoms with Crippen molar-refractivity contribution in [1.29, 1.82) is 0 Å². The zero-order valence-corrected chi connectivity index (χ0v) is 25.8. The molecule has 9 rings (SSSR count). The van der Waals surface area contributed by atoms with Crippen molar-refractivity contribution in [2.75, 3.05) is 0 Å². The van der Waals surface area contributed by atoms with Crippen molar-refractivity contribution >= 4 is 21.8 Å². The Morgan fingerprint density at radius 3 is 1.77 bits per heavy atom. The molecule has 0 bridgehead atoms. The molecule has 0 saturated carbocycles. The number of para-hydroxylation sites is 1. The molecule has 0 N–H and O–H groups in total. The number of rotatable bonds is 4. The van der Waals surface area contributed by atoms with Crippen molar-refractivity contribution < 1.29 is 21.2 Å². The summed E-state index contributed by atoms with van der Waals surface area (Å²) in [7, 11) is 0. The van der Waals surface area contributed by atoms with Crippen LogP contribution in [0.25, 0.3) is 72.5 Å². The number of hydrogen-bond acceptors (Lipinski definition) is 2. The minimum absolute atomic E-state index is 0.113. The Kier molecular flexibility index (Phi) is 5.94. The van der Waals surface area contributed by atoms with Crippen LogP contribution in [0.3, 0.4) is 0 Å². The predicted octanol–water partition coefficient (Wildman–Crippen LogP) is 6.68. The van der Waals surface area contributed by atoms with E-state index in [1.54, 1.807) is 0 Å². The van der Waals surface area contributed by atoms with Crippen molar-refractivity contribution in [3.05, 3.63) is 159 Å². The summed E-state index contributed by atoms with van der Waals surface area (Å²) in [6, 6.07) is 54.1. The second kappa shape index (κ2) is 10.3. The summed E-state index contributed by atoms with van der Waals surface area (Å²) in [6.45, 7) is 0. The Morgan fingerprint density at radius 1 is 0.409 bits per heavy atom. The minimum Gasteiger partial charge on any atom is -0.0616 e. The third kappa shape index (κ3) is 4.17. The largest absolute Gasteiger partial charge is 0.0616 e. The van der Waals surface area contributed by atoms with Crippen LogP contribution in [0, 0.1) is 7.14 Å². The van der Waals surface area contributed by atoms with Crippen molar-refractivity contribution in [1.82, 2.24) is 14.5 Å². The molecule has 44 heavy (non-hydrogen) atoms. The van der Waals surface area contributed by atoms with E-state index < -0.39 is 0 Å². The molecular formula is C40H25IN3-. The fourth-order valence-corrected chi connectivity index (χ4v) is 9.15. The summed E-state index contributed by atoms with van der Waals surface area (Å²) in [5.74, 6) is 0.669. The average molecular weight is 675 g/mol. The van der Waals surface area contributed by atoms with Gasteiger partial charge in [-0.05, 0) is 6.07 Å². The van der Waals surface area contributed by atoms with Crippen LogP contribution in [0.1, 0.15) is 0 Å². The number of aromatic nitrogens is 3. The normalized spacial score (nSPS) is 12.2. The molecular weight excluding hydrogens is 649 g/mol. The SMILES string of the molecule is c1ccc(-c2cc(-c3ccccc3)nc(-n3c4ccccc4c4cc(-c5ccc6c(c5)-c5ccccc5[I-]6)ccc43)n2)cc1. The number of halogens is 1. The summed E-state index contributed by atoms with van der Waals surface area (Å²) in [6.07, 6.45) is 0. The first-order valence-corrected chi connectivity index (χ1v) is 16.9. The summed E-state index contributed by atoms with van der Waals surface area (Å²) in [5.41, 5.74) is 11.4. The molecule has 0 spiro atoms. The molecule has 6 aromatic carbocycles. The molecule has 0 amide bonds. The van der Waals surface area contributed by atoms with Crippen molar-refractivity contribution in [2.24, 2.45) is 0 Å². The van der Waals surface area contributed by atoms with Crippen LogP contribution in [0.4, 0.5) is 0 Å². The third-order valence-electron chi connectivity index (χ3n) is 8.39. The topological polar surface area (TPSA) is 30.7 Å². The first kappa shape index (κ1) is 25.4. The Bertz CT molecular complexity index is 2300. The van der Waals surface area contributed by atoms with Gasteiger partial charge < -0.3 is 0 Å². The van der Waals surface area contributed by atoms with E-state index >= 15 is 0 Å². The van der Waals surface area contributed by atoms with E-state index in [-0.39, 0.29) is 21.2 Å². The first-order valence-electron chi connectivity index (χ1n) is 14.7. The molecule has 0 radical (unpaired) electrons. The summed E-state index contributed by atoms with van der Waals surface area (Å²) >= 11 is -0.113. The fourth-order valence-electron chi connectivity index (χ4n) is 6.28. The van der Waals surface area contributed by atoms with E-state index in [9.17, 15) is 0 Å². The maximum atomic E-state index is 5.17. The summed E-state index contributed by atoms with van der Waals surface area (Å²) in [5, 5.41) is 2.39. The van der Waals surface area contributed by atoms with Crippen LogP contribution < -0.4 is 21.2 Å². The van der Waals surface area contributed by atoms with Gasteiger partial charge in [0.2, 0.25) is 0 Å². The van der Waals surface area contributed by atoms with E-state index in [2.05, 4.69) is 144 Å². The van der Waals surface area contributed by atoms with Gasteiger partial charge in [0.05, 0.1) is 0 Å². The quantitative estimate of drug-likeness (QED) is 0.195. The molecule has 1 aliphatic rings. The molecule has 8 aromatic rings. The molecule has 0 atom stereocenters. The van der Waals surface area contributed by atoms with E-state index in [4.69, 9.17) is 9.97 Å². The minimum atomic E-state index is -0.113. The maximum Gasteiger partial charge on any atom is -0.0528 e. The Labute approximate surface area is 265 Å². The standard InChI is InChI=1S/C40H25IN3/c1-3-11-26(12-4-1)36-25-37(27-13-5-2-6-14-27)43-40(42-36)44-38-18-10-8-16-31(38)33-24-29(20-22-39(33)44)28-19-21-35-32(23-28)30-15-7-9-17-34(30)41-35/h1-25H/q-1. The fraction of sp³-hybridized carbons (Fsp3) is 0. The monoisotopic (exact) mass is 674 g/mol. The van der Waals surface area contributed by atoms with E-state index in [0.29, 0.717) is 5.95 Å². The van der Waals surface area contributed by atoms with Crippen molar-refractivity contribution in [3.8, 4) is 50.7 Å². The van der Waals surface area contributed by atoms with Gasteiger partial charge in [0, 0.05) is 11.1 Å². The van der Waals surface area contributed by atoms with Gasteiger partial charge in [0.15, 0.2) is 0 Å². The number of benzene rings is 6. The van der Waals surface area contributed by atoms with E-state index in [1.807, 2.05) is 12.1 Å². The van der Waals surface area contributed by atoms with Gasteiger partial charge in [0.25, 0.3) is 0 Å². The number of hydrogen-bond donors (Lipinski definition) is 0. The second-order valence-electron chi connectivity index (χ2n) is 11.0. The first-order chi connectivity index (χ1) is 21.8. The smallest absolute Gasteiger partial charge is 0.0528 e. The van der Waals surface area contributed by atoms with Crippen molar-refractivity contribution in [3.63, 3.8) is 0 Å². The molecule has 4 heteroatoms. The van der Waals surface area contributed by atoms with Gasteiger partial charge >= 0.3 is 189 Å². The number of fused-ring (bicyclic) bond motifs is 6. The molecule has 0 unspecified atom stereocenters. The average Bonchev–Trinajstić information content (AvgIpc) is 3.64. The summed E-state index contributed by atoms with van der Waals surface area (Å²) in [4.78, 5) is 10.3. The van der Waals surface area contributed by atoms with Crippen LogP contribution in [0.5, 0.6) is 0 Å². The molecule has 0 saturated heterocycles. The second-order valence-corrected chi connectivity index (χ2v) is 13.9. The molecule has 2 aromatic heterocycles. The molecule has 3 heterocycles. The molecule has 1 aliphatic heterocycles. The van der Waals surface area contributed by atoms with Gasteiger partial charge in [-0.2, -0.15) is 0 Å². The molecule has 3 nitrogen and oxygen atoms in total. The molecule has 208 valence electrons. The van der Waals surface area contributed by atoms with E-state index in [0.717, 1.165) is 33.5 Å². The summed E-state index contributed by atoms with van der Waals surface area (Å²) < 4.78 is 5.25. The van der Waals surface area contributed by atoms with Gasteiger partial charge in [0.1, 0.15) is 0 Å². The van der Waals surface area contributed by atoms with Crippen molar-refractivity contribution in [2.45, 2.75) is 0 Å². The molecule has 0 fully saturated rings. The van der Waals surface area contributed by atoms with Gasteiger partial charge in [-0.15, -0.1) is 0 Å². The Morgan fingerprint density at radius 2 is 1.00 bits per heavy atom. The predicted molar refractivity (Wildman–Crippen MR) is 176 cm³/mol. The van der Waals surface area contributed by atoms with E-state index in [1.165, 1.54) is 40.2 Å². The molecule has 0 aliphatic carbocycles.